The summed E-state index contributed by atoms with van der Waals surface area (Å²) < 4.78 is 0. The van der Waals surface area contributed by atoms with Crippen LogP contribution in [0.5, 0.6) is 0 Å². The van der Waals surface area contributed by atoms with Crippen molar-refractivity contribution in [2.24, 2.45) is 5.92 Å². The lowest BCUT2D eigenvalue weighted by molar-refractivity contribution is -0.146. The second-order valence-corrected chi connectivity index (χ2v) is 7.76. The Hall–Kier alpha value is -1.87. The highest BCUT2D eigenvalue weighted by Gasteiger charge is 2.45. The monoisotopic (exact) mass is 353 g/mol. The van der Waals surface area contributed by atoms with Crippen LogP contribution in [0.4, 0.5) is 0 Å². The second-order valence-electron chi connectivity index (χ2n) is 7.76. The fourth-order valence-electron chi connectivity index (χ4n) is 4.56. The fraction of sp³-hybridized carbons (Fsp3) is 0.522. The zero-order chi connectivity index (χ0) is 18.6. The molecule has 0 bridgehead atoms. The minimum Gasteiger partial charge on any atom is -0.481 e. The van der Waals surface area contributed by atoms with Gasteiger partial charge in [-0.3, -0.25) is 4.79 Å². The number of hydrogen-bond donors (Lipinski definition) is 1. The lowest BCUT2D eigenvalue weighted by Crippen LogP contribution is -2.45. The van der Waals surface area contributed by atoms with Gasteiger partial charge in [0.25, 0.3) is 0 Å². The first kappa shape index (κ1) is 18.9. The molecule has 0 saturated carbocycles. The van der Waals surface area contributed by atoms with E-state index in [0.29, 0.717) is 6.42 Å². The quantitative estimate of drug-likeness (QED) is 0.754. The number of carboxylic acids is 1. The van der Waals surface area contributed by atoms with E-state index in [2.05, 4.69) is 36.9 Å². The van der Waals surface area contributed by atoms with Crippen molar-refractivity contribution >= 4 is 16.7 Å². The summed E-state index contributed by atoms with van der Waals surface area (Å²) in [6.07, 6.45) is 5.30. The lowest BCUT2D eigenvalue weighted by atomic mass is 9.66. The Kier molecular flexibility index (Phi) is 5.98. The molecule has 1 fully saturated rings. The van der Waals surface area contributed by atoms with E-state index in [4.69, 9.17) is 0 Å². The van der Waals surface area contributed by atoms with E-state index in [1.54, 1.807) is 0 Å². The molecule has 1 saturated heterocycles. The van der Waals surface area contributed by atoms with Crippen LogP contribution in [-0.2, 0) is 10.2 Å². The third-order valence-corrected chi connectivity index (χ3v) is 6.38. The van der Waals surface area contributed by atoms with Gasteiger partial charge in [-0.25, -0.2) is 0 Å². The molecule has 2 unspecified atom stereocenters. The van der Waals surface area contributed by atoms with Gasteiger partial charge in [-0.2, -0.15) is 0 Å². The van der Waals surface area contributed by atoms with Crippen molar-refractivity contribution in [2.45, 2.75) is 51.4 Å². The predicted molar refractivity (Wildman–Crippen MR) is 108 cm³/mol. The fourth-order valence-corrected chi connectivity index (χ4v) is 4.56. The van der Waals surface area contributed by atoms with Gasteiger partial charge in [0.1, 0.15) is 0 Å². The number of carboxylic acid groups (broad SMARTS) is 1. The normalized spacial score (nSPS) is 19.2. The highest BCUT2D eigenvalue weighted by molar-refractivity contribution is 5.93. The summed E-state index contributed by atoms with van der Waals surface area (Å²) in [5.74, 6) is -0.601. The molecule has 3 heteroatoms. The highest BCUT2D eigenvalue weighted by Crippen LogP contribution is 2.41. The zero-order valence-electron chi connectivity index (χ0n) is 16.1. The largest absolute Gasteiger partial charge is 0.481 e. The third kappa shape index (κ3) is 3.50. The average molecular weight is 354 g/mol. The first-order valence-electron chi connectivity index (χ1n) is 10.0. The molecule has 1 heterocycles. The first-order valence-corrected chi connectivity index (χ1v) is 10.0. The van der Waals surface area contributed by atoms with Gasteiger partial charge in [-0.15, -0.1) is 0 Å². The van der Waals surface area contributed by atoms with Gasteiger partial charge in [0.05, 0.1) is 5.41 Å². The summed E-state index contributed by atoms with van der Waals surface area (Å²) in [5.41, 5.74) is 0.141. The lowest BCUT2D eigenvalue weighted by Gasteiger charge is -2.38. The minimum atomic E-state index is -0.840. The molecule has 2 atom stereocenters. The third-order valence-electron chi connectivity index (χ3n) is 6.38. The SMILES string of the molecule is CCC(C)C(CCN1CCCCC1)(C(=O)O)c1cccc2ccccc12. The second kappa shape index (κ2) is 8.22. The number of hydrogen-bond acceptors (Lipinski definition) is 2. The van der Waals surface area contributed by atoms with E-state index in [1.807, 2.05) is 24.3 Å². The molecule has 1 aliphatic rings. The molecule has 140 valence electrons. The van der Waals surface area contributed by atoms with Crippen molar-refractivity contribution in [3.05, 3.63) is 48.0 Å². The van der Waals surface area contributed by atoms with E-state index in [9.17, 15) is 9.90 Å². The number of piperidine rings is 1. The van der Waals surface area contributed by atoms with E-state index in [0.717, 1.165) is 42.4 Å². The van der Waals surface area contributed by atoms with Crippen LogP contribution in [0.3, 0.4) is 0 Å². The molecule has 0 aliphatic carbocycles. The summed E-state index contributed by atoms with van der Waals surface area (Å²) in [6.45, 7) is 7.28. The van der Waals surface area contributed by atoms with E-state index in [1.165, 1.54) is 19.3 Å². The van der Waals surface area contributed by atoms with Crippen molar-refractivity contribution in [3.63, 3.8) is 0 Å². The van der Waals surface area contributed by atoms with Gasteiger partial charge in [0.15, 0.2) is 0 Å². The Bertz CT molecular complexity index is 745. The molecule has 1 N–H and O–H groups in total. The summed E-state index contributed by atoms with van der Waals surface area (Å²) in [5, 5.41) is 12.7. The Labute approximate surface area is 157 Å². The number of benzene rings is 2. The van der Waals surface area contributed by atoms with Crippen molar-refractivity contribution in [1.82, 2.24) is 4.90 Å². The van der Waals surface area contributed by atoms with Crippen molar-refractivity contribution < 1.29 is 9.90 Å². The molecule has 0 radical (unpaired) electrons. The van der Waals surface area contributed by atoms with E-state index in [-0.39, 0.29) is 5.92 Å². The smallest absolute Gasteiger partial charge is 0.314 e. The predicted octanol–water partition coefficient (Wildman–Crippen LogP) is 5.08. The van der Waals surface area contributed by atoms with Crippen molar-refractivity contribution in [3.8, 4) is 0 Å². The number of fused-ring (bicyclic) bond motifs is 1. The van der Waals surface area contributed by atoms with Gasteiger partial charge in [-0.1, -0.05) is 69.2 Å². The summed E-state index contributed by atoms with van der Waals surface area (Å²) in [7, 11) is 0. The van der Waals surface area contributed by atoms with Crippen LogP contribution in [-0.4, -0.2) is 35.6 Å². The van der Waals surface area contributed by atoms with Crippen molar-refractivity contribution in [2.75, 3.05) is 19.6 Å². The molecular formula is C23H31NO2. The summed E-state index contributed by atoms with van der Waals surface area (Å²) >= 11 is 0. The summed E-state index contributed by atoms with van der Waals surface area (Å²) in [4.78, 5) is 15.2. The van der Waals surface area contributed by atoms with Gasteiger partial charge in [0, 0.05) is 0 Å². The molecular weight excluding hydrogens is 322 g/mol. The molecule has 1 aliphatic heterocycles. The molecule has 26 heavy (non-hydrogen) atoms. The maximum absolute atomic E-state index is 12.7. The molecule has 2 aromatic rings. The average Bonchev–Trinajstić information content (AvgIpc) is 2.68. The maximum atomic E-state index is 12.7. The number of carbonyl (C=O) groups is 1. The Morgan fingerprint density at radius 2 is 1.81 bits per heavy atom. The molecule has 3 nitrogen and oxygen atoms in total. The Morgan fingerprint density at radius 3 is 2.50 bits per heavy atom. The van der Waals surface area contributed by atoms with Crippen LogP contribution in [0.1, 0.15) is 51.5 Å². The molecule has 3 rings (SSSR count). The van der Waals surface area contributed by atoms with E-state index >= 15 is 0 Å². The van der Waals surface area contributed by atoms with Crippen LogP contribution in [0.2, 0.25) is 0 Å². The number of likely N-dealkylation sites (tertiary alicyclic amines) is 1. The minimum absolute atomic E-state index is 0.0793. The molecule has 0 amide bonds. The summed E-state index contributed by atoms with van der Waals surface area (Å²) in [6, 6.07) is 14.3. The number of nitrogens with zero attached hydrogens (tertiary/aromatic N) is 1. The van der Waals surface area contributed by atoms with Gasteiger partial charge < -0.3 is 10.0 Å². The van der Waals surface area contributed by atoms with Crippen LogP contribution < -0.4 is 0 Å². The zero-order valence-corrected chi connectivity index (χ0v) is 16.1. The molecule has 2 aromatic carbocycles. The first-order chi connectivity index (χ1) is 12.6. The maximum Gasteiger partial charge on any atom is 0.314 e. The standard InChI is InChI=1S/C23H31NO2/c1-3-18(2)23(22(25)26,14-17-24-15-7-4-8-16-24)21-13-9-11-19-10-5-6-12-20(19)21/h5-6,9-13,18H,3-4,7-8,14-17H2,1-2H3,(H,25,26). The van der Waals surface area contributed by atoms with Gasteiger partial charge in [-0.05, 0) is 61.2 Å². The van der Waals surface area contributed by atoms with Gasteiger partial charge in [0.2, 0.25) is 0 Å². The van der Waals surface area contributed by atoms with E-state index < -0.39 is 11.4 Å². The molecule has 0 spiro atoms. The van der Waals surface area contributed by atoms with Crippen LogP contribution >= 0.6 is 0 Å². The van der Waals surface area contributed by atoms with Crippen molar-refractivity contribution in [1.29, 1.82) is 0 Å². The van der Waals surface area contributed by atoms with Crippen LogP contribution in [0.25, 0.3) is 10.8 Å². The number of rotatable bonds is 7. The topological polar surface area (TPSA) is 40.5 Å². The Morgan fingerprint density at radius 1 is 1.12 bits per heavy atom. The van der Waals surface area contributed by atoms with Crippen LogP contribution in [0.15, 0.2) is 42.5 Å². The Balaban J connectivity index is 2.05. The molecule has 0 aromatic heterocycles. The number of aliphatic carboxylic acids is 1. The highest BCUT2D eigenvalue weighted by atomic mass is 16.4. The van der Waals surface area contributed by atoms with Gasteiger partial charge >= 0.3 is 5.97 Å². The van der Waals surface area contributed by atoms with Crippen LogP contribution in [0, 0.1) is 5.92 Å².